The first-order chi connectivity index (χ1) is 14.8. The van der Waals surface area contributed by atoms with Crippen LogP contribution in [0.15, 0.2) is 60.7 Å². The van der Waals surface area contributed by atoms with Crippen molar-refractivity contribution in [2.24, 2.45) is 0 Å². The first kappa shape index (κ1) is 19.7. The van der Waals surface area contributed by atoms with Crippen molar-refractivity contribution in [2.75, 3.05) is 4.90 Å². The number of fused-ring (bicyclic) bond motifs is 1. The summed E-state index contributed by atoms with van der Waals surface area (Å²) >= 11 is 0. The van der Waals surface area contributed by atoms with E-state index < -0.39 is 33.0 Å². The van der Waals surface area contributed by atoms with Gasteiger partial charge in [-0.05, 0) is 48.9 Å². The van der Waals surface area contributed by atoms with Crippen molar-refractivity contribution in [2.45, 2.75) is 6.92 Å². The molecule has 0 atom stereocenters. The number of nitro benzene ring substituents is 2. The number of anilines is 1. The first-order valence-electron chi connectivity index (χ1n) is 8.96. The summed E-state index contributed by atoms with van der Waals surface area (Å²) in [6.07, 6.45) is 0. The van der Waals surface area contributed by atoms with Gasteiger partial charge >= 0.3 is 5.69 Å². The van der Waals surface area contributed by atoms with E-state index in [1.54, 1.807) is 18.2 Å². The zero-order valence-electron chi connectivity index (χ0n) is 16.0. The van der Waals surface area contributed by atoms with Crippen LogP contribution in [-0.2, 0) is 0 Å². The number of hydrogen-bond acceptors (Lipinski definition) is 7. The van der Waals surface area contributed by atoms with E-state index in [-0.39, 0.29) is 22.6 Å². The Labute approximate surface area is 174 Å². The van der Waals surface area contributed by atoms with Crippen LogP contribution in [0.4, 0.5) is 17.1 Å². The van der Waals surface area contributed by atoms with Gasteiger partial charge in [0, 0.05) is 6.07 Å². The Morgan fingerprint density at radius 2 is 1.58 bits per heavy atom. The van der Waals surface area contributed by atoms with Crippen molar-refractivity contribution >= 4 is 28.9 Å². The molecule has 0 unspecified atom stereocenters. The van der Waals surface area contributed by atoms with Crippen molar-refractivity contribution in [1.29, 1.82) is 0 Å². The van der Waals surface area contributed by atoms with Crippen LogP contribution >= 0.6 is 0 Å². The van der Waals surface area contributed by atoms with E-state index in [2.05, 4.69) is 0 Å². The van der Waals surface area contributed by atoms with Crippen molar-refractivity contribution < 1.29 is 24.2 Å². The maximum atomic E-state index is 12.9. The summed E-state index contributed by atoms with van der Waals surface area (Å²) in [5.41, 5.74) is 0.523. The molecule has 10 nitrogen and oxygen atoms in total. The summed E-state index contributed by atoms with van der Waals surface area (Å²) in [6.45, 7) is 1.84. The van der Waals surface area contributed by atoms with Crippen molar-refractivity contribution in [3.05, 3.63) is 97.6 Å². The summed E-state index contributed by atoms with van der Waals surface area (Å²) in [6, 6.07) is 14.0. The van der Waals surface area contributed by atoms with E-state index in [0.29, 0.717) is 5.69 Å². The summed E-state index contributed by atoms with van der Waals surface area (Å²) in [5, 5.41) is 22.2. The highest BCUT2D eigenvalue weighted by Crippen LogP contribution is 2.36. The van der Waals surface area contributed by atoms with Gasteiger partial charge in [0.2, 0.25) is 5.75 Å². The lowest BCUT2D eigenvalue weighted by Crippen LogP contribution is -2.29. The predicted octanol–water partition coefficient (Wildman–Crippen LogP) is 4.40. The number of non-ortho nitro benzene ring substituents is 1. The highest BCUT2D eigenvalue weighted by atomic mass is 16.6. The van der Waals surface area contributed by atoms with E-state index in [1.165, 1.54) is 18.2 Å². The molecule has 10 heteroatoms. The maximum absolute atomic E-state index is 12.9. The zero-order chi connectivity index (χ0) is 22.3. The molecule has 1 aliphatic heterocycles. The van der Waals surface area contributed by atoms with Crippen LogP contribution in [0.5, 0.6) is 11.5 Å². The molecule has 0 spiro atoms. The molecule has 31 heavy (non-hydrogen) atoms. The van der Waals surface area contributed by atoms with Crippen molar-refractivity contribution in [1.82, 2.24) is 0 Å². The van der Waals surface area contributed by atoms with Gasteiger partial charge < -0.3 is 4.74 Å². The Hall–Kier alpha value is -4.60. The van der Waals surface area contributed by atoms with E-state index in [0.717, 1.165) is 28.7 Å². The molecule has 0 aromatic heterocycles. The Morgan fingerprint density at radius 3 is 2.26 bits per heavy atom. The van der Waals surface area contributed by atoms with E-state index in [9.17, 15) is 29.8 Å². The lowest BCUT2D eigenvalue weighted by atomic mass is 10.1. The number of nitro groups is 2. The molecule has 154 valence electrons. The fourth-order valence-electron chi connectivity index (χ4n) is 3.26. The molecule has 3 aromatic rings. The Kier molecular flexibility index (Phi) is 4.66. The van der Waals surface area contributed by atoms with Crippen LogP contribution < -0.4 is 9.64 Å². The second-order valence-corrected chi connectivity index (χ2v) is 6.76. The zero-order valence-corrected chi connectivity index (χ0v) is 16.0. The molecule has 1 aliphatic rings. The summed E-state index contributed by atoms with van der Waals surface area (Å²) in [7, 11) is 0. The molecule has 4 rings (SSSR count). The van der Waals surface area contributed by atoms with Gasteiger partial charge in [0.15, 0.2) is 0 Å². The van der Waals surface area contributed by atoms with Crippen LogP contribution in [0.1, 0.15) is 26.3 Å². The first-order valence-corrected chi connectivity index (χ1v) is 8.96. The molecular weight excluding hydrogens is 406 g/mol. The maximum Gasteiger partial charge on any atom is 0.318 e. The molecule has 0 fully saturated rings. The van der Waals surface area contributed by atoms with Gasteiger partial charge in [-0.25, -0.2) is 4.90 Å². The third kappa shape index (κ3) is 3.46. The summed E-state index contributed by atoms with van der Waals surface area (Å²) < 4.78 is 5.53. The number of ether oxygens (including phenoxy) is 1. The molecule has 3 aromatic carbocycles. The molecular formula is C21H13N3O7. The lowest BCUT2D eigenvalue weighted by Gasteiger charge is -2.14. The molecule has 0 aliphatic carbocycles. The Morgan fingerprint density at radius 1 is 0.839 bits per heavy atom. The van der Waals surface area contributed by atoms with E-state index >= 15 is 0 Å². The van der Waals surface area contributed by atoms with Gasteiger partial charge in [-0.1, -0.05) is 12.1 Å². The number of carbonyl (C=O) groups is 2. The van der Waals surface area contributed by atoms with Crippen LogP contribution in [0.2, 0.25) is 0 Å². The van der Waals surface area contributed by atoms with Crippen molar-refractivity contribution in [3.63, 3.8) is 0 Å². The quantitative estimate of drug-likeness (QED) is 0.340. The topological polar surface area (TPSA) is 133 Å². The minimum absolute atomic E-state index is 0.0722. The average Bonchev–Trinajstić information content (AvgIpc) is 2.98. The van der Waals surface area contributed by atoms with Gasteiger partial charge in [-0.2, -0.15) is 0 Å². The average molecular weight is 419 g/mol. The smallest absolute Gasteiger partial charge is 0.318 e. The fourth-order valence-corrected chi connectivity index (χ4v) is 3.26. The third-order valence-electron chi connectivity index (χ3n) is 4.70. The van der Waals surface area contributed by atoms with Gasteiger partial charge in [0.1, 0.15) is 5.75 Å². The molecule has 0 N–H and O–H groups in total. The van der Waals surface area contributed by atoms with Crippen LogP contribution in [-0.4, -0.2) is 21.7 Å². The SMILES string of the molecule is Cc1cccc(N2C(=O)c3ccc(Oc4ccc([N+](=O)[O-])cc4[N+](=O)[O-])cc3C2=O)c1. The summed E-state index contributed by atoms with van der Waals surface area (Å²) in [5.74, 6) is -1.20. The molecule has 2 amide bonds. The van der Waals surface area contributed by atoms with E-state index in [1.807, 2.05) is 13.0 Å². The number of amides is 2. The number of hydrogen-bond donors (Lipinski definition) is 0. The third-order valence-corrected chi connectivity index (χ3v) is 4.70. The van der Waals surface area contributed by atoms with Gasteiger partial charge in [-0.3, -0.25) is 29.8 Å². The number of nitrogens with zero attached hydrogens (tertiary/aromatic N) is 3. The molecule has 0 radical (unpaired) electrons. The lowest BCUT2D eigenvalue weighted by molar-refractivity contribution is -0.394. The monoisotopic (exact) mass is 419 g/mol. The highest BCUT2D eigenvalue weighted by molar-refractivity contribution is 6.34. The minimum Gasteiger partial charge on any atom is -0.450 e. The Balaban J connectivity index is 1.69. The Bertz CT molecular complexity index is 1290. The molecule has 0 bridgehead atoms. The van der Waals surface area contributed by atoms with Crippen LogP contribution in [0.3, 0.4) is 0 Å². The number of benzene rings is 3. The van der Waals surface area contributed by atoms with Crippen molar-refractivity contribution in [3.8, 4) is 11.5 Å². The molecule has 1 heterocycles. The van der Waals surface area contributed by atoms with E-state index in [4.69, 9.17) is 4.74 Å². The predicted molar refractivity (Wildman–Crippen MR) is 109 cm³/mol. The number of aryl methyl sites for hydroxylation is 1. The van der Waals surface area contributed by atoms with Crippen LogP contribution in [0, 0.1) is 27.2 Å². The second-order valence-electron chi connectivity index (χ2n) is 6.76. The normalized spacial score (nSPS) is 12.6. The minimum atomic E-state index is -0.802. The number of rotatable bonds is 5. The molecule has 0 saturated carbocycles. The van der Waals surface area contributed by atoms with Gasteiger partial charge in [-0.15, -0.1) is 0 Å². The number of imide groups is 1. The number of carbonyl (C=O) groups excluding carboxylic acids is 2. The second kappa shape index (κ2) is 7.34. The molecule has 0 saturated heterocycles. The largest absolute Gasteiger partial charge is 0.450 e. The van der Waals surface area contributed by atoms with Gasteiger partial charge in [0.25, 0.3) is 17.5 Å². The van der Waals surface area contributed by atoms with Gasteiger partial charge in [0.05, 0.1) is 32.7 Å². The highest BCUT2D eigenvalue weighted by Gasteiger charge is 2.37. The standard InChI is InChI=1S/C21H13N3O7/c1-12-3-2-4-13(9-12)22-20(25)16-7-6-15(11-17(16)21(22)26)31-19-8-5-14(23(27)28)10-18(19)24(29)30/h2-11H,1H3. The summed E-state index contributed by atoms with van der Waals surface area (Å²) in [4.78, 5) is 47.3. The fraction of sp³-hybridized carbons (Fsp3) is 0.0476. The van der Waals surface area contributed by atoms with Crippen LogP contribution in [0.25, 0.3) is 0 Å².